The molecule has 1 aromatic heterocycles. The van der Waals surface area contributed by atoms with Crippen LogP contribution in [0.1, 0.15) is 23.8 Å². The van der Waals surface area contributed by atoms with Crippen LogP contribution >= 0.6 is 0 Å². The van der Waals surface area contributed by atoms with Crippen molar-refractivity contribution in [2.24, 2.45) is 0 Å². The number of aryl methyl sites for hydroxylation is 2. The fourth-order valence-electron chi connectivity index (χ4n) is 1.37. The van der Waals surface area contributed by atoms with Gasteiger partial charge in [0.1, 0.15) is 5.76 Å². The van der Waals surface area contributed by atoms with Gasteiger partial charge in [0.2, 0.25) is 0 Å². The van der Waals surface area contributed by atoms with Gasteiger partial charge in [-0.2, -0.15) is 0 Å². The molecule has 3 nitrogen and oxygen atoms in total. The molecule has 3 heteroatoms. The van der Waals surface area contributed by atoms with Gasteiger partial charge in [0.15, 0.2) is 0 Å². The van der Waals surface area contributed by atoms with Gasteiger partial charge in [-0.25, -0.2) is 4.79 Å². The maximum Gasteiger partial charge on any atom is 0.336 e. The van der Waals surface area contributed by atoms with Gasteiger partial charge < -0.3 is 9.15 Å². The molecule has 0 aliphatic heterocycles. The minimum absolute atomic E-state index is 0.299. The summed E-state index contributed by atoms with van der Waals surface area (Å²) in [7, 11) is 0. The smallest absolute Gasteiger partial charge is 0.336 e. The van der Waals surface area contributed by atoms with Crippen LogP contribution in [-0.4, -0.2) is 13.2 Å². The highest BCUT2D eigenvalue weighted by Crippen LogP contribution is 2.12. The molecule has 1 heterocycles. The third-order valence-electron chi connectivity index (χ3n) is 2.09. The Morgan fingerprint density at radius 1 is 1.47 bits per heavy atom. The summed E-state index contributed by atoms with van der Waals surface area (Å²) < 4.78 is 10.2. The molecule has 0 unspecified atom stereocenters. The van der Waals surface area contributed by atoms with Crippen LogP contribution in [0.3, 0.4) is 0 Å². The zero-order valence-corrected chi connectivity index (χ0v) is 9.37. The molecular weight excluding hydrogens is 192 g/mol. The second-order valence-electron chi connectivity index (χ2n) is 3.28. The van der Waals surface area contributed by atoms with Crippen molar-refractivity contribution in [3.63, 3.8) is 0 Å². The third kappa shape index (κ3) is 3.36. The molecule has 0 radical (unpaired) electrons. The van der Waals surface area contributed by atoms with E-state index in [4.69, 9.17) is 9.15 Å². The van der Waals surface area contributed by atoms with Gasteiger partial charge in [-0.05, 0) is 26.3 Å². The second-order valence-corrected chi connectivity index (χ2v) is 3.28. The molecule has 0 fully saturated rings. The summed E-state index contributed by atoms with van der Waals surface area (Å²) in [6.07, 6.45) is 3.84. The normalized spacial score (nSPS) is 11.1. The first kappa shape index (κ1) is 11.7. The fraction of sp³-hybridized carbons (Fsp3) is 0.417. The van der Waals surface area contributed by atoms with Gasteiger partial charge in [0.05, 0.1) is 6.61 Å². The summed E-state index contributed by atoms with van der Waals surface area (Å²) >= 11 is 0. The van der Waals surface area contributed by atoms with Gasteiger partial charge in [0.25, 0.3) is 0 Å². The van der Waals surface area contributed by atoms with Crippen molar-refractivity contribution in [1.82, 2.24) is 0 Å². The van der Waals surface area contributed by atoms with Crippen LogP contribution in [0.5, 0.6) is 0 Å². The molecule has 0 bridgehead atoms. The Hall–Kier alpha value is -1.35. The van der Waals surface area contributed by atoms with Crippen LogP contribution in [0.2, 0.25) is 0 Å². The van der Waals surface area contributed by atoms with Crippen molar-refractivity contribution < 1.29 is 9.15 Å². The number of hydrogen-bond donors (Lipinski definition) is 0. The van der Waals surface area contributed by atoms with Crippen LogP contribution < -0.4 is 5.63 Å². The minimum atomic E-state index is -0.299. The Bertz CT molecular complexity index is 376. The highest BCUT2D eigenvalue weighted by molar-refractivity contribution is 5.54. The van der Waals surface area contributed by atoms with E-state index >= 15 is 0 Å². The Morgan fingerprint density at radius 3 is 2.80 bits per heavy atom. The first-order chi connectivity index (χ1) is 7.15. The van der Waals surface area contributed by atoms with Crippen molar-refractivity contribution in [3.8, 4) is 0 Å². The summed E-state index contributed by atoms with van der Waals surface area (Å²) in [5.74, 6) is 0.646. The molecule has 1 aromatic rings. The van der Waals surface area contributed by atoms with Crippen LogP contribution in [0.15, 0.2) is 21.4 Å². The lowest BCUT2D eigenvalue weighted by Gasteiger charge is -2.02. The summed E-state index contributed by atoms with van der Waals surface area (Å²) in [6, 6.07) is 1.49. The van der Waals surface area contributed by atoms with Crippen LogP contribution in [0.4, 0.5) is 0 Å². The van der Waals surface area contributed by atoms with Gasteiger partial charge >= 0.3 is 5.63 Å². The average molecular weight is 208 g/mol. The maximum atomic E-state index is 11.0. The van der Waals surface area contributed by atoms with Crippen molar-refractivity contribution >= 4 is 6.08 Å². The highest BCUT2D eigenvalue weighted by atomic mass is 16.5. The van der Waals surface area contributed by atoms with E-state index in [1.54, 1.807) is 6.92 Å². The Kier molecular flexibility index (Phi) is 4.31. The molecule has 0 aliphatic rings. The van der Waals surface area contributed by atoms with E-state index in [-0.39, 0.29) is 5.63 Å². The predicted molar refractivity (Wildman–Crippen MR) is 60.0 cm³/mol. The molecule has 0 saturated carbocycles. The molecule has 0 spiro atoms. The summed E-state index contributed by atoms with van der Waals surface area (Å²) in [5, 5.41) is 0. The molecule has 0 amide bonds. The van der Waals surface area contributed by atoms with Crippen LogP contribution in [0.25, 0.3) is 6.08 Å². The zero-order valence-electron chi connectivity index (χ0n) is 9.37. The van der Waals surface area contributed by atoms with E-state index in [0.717, 1.165) is 11.1 Å². The molecule has 0 atom stereocenters. The Balaban J connectivity index is 2.85. The Morgan fingerprint density at radius 2 is 2.20 bits per heavy atom. The lowest BCUT2D eigenvalue weighted by Crippen LogP contribution is -2.01. The van der Waals surface area contributed by atoms with Crippen LogP contribution in [0, 0.1) is 13.8 Å². The molecule has 0 aromatic carbocycles. The molecule has 0 N–H and O–H groups in total. The molecule has 0 aliphatic carbocycles. The van der Waals surface area contributed by atoms with Gasteiger partial charge in [-0.1, -0.05) is 12.2 Å². The molecule has 1 rings (SSSR count). The summed E-state index contributed by atoms with van der Waals surface area (Å²) in [4.78, 5) is 11.0. The van der Waals surface area contributed by atoms with E-state index < -0.39 is 0 Å². The lowest BCUT2D eigenvalue weighted by atomic mass is 10.1. The molecule has 0 saturated heterocycles. The minimum Gasteiger partial charge on any atom is -0.428 e. The monoisotopic (exact) mass is 208 g/mol. The first-order valence-corrected chi connectivity index (χ1v) is 5.00. The number of ether oxygens (including phenoxy) is 1. The topological polar surface area (TPSA) is 39.4 Å². The molecule has 82 valence electrons. The van der Waals surface area contributed by atoms with E-state index in [2.05, 4.69) is 0 Å². The van der Waals surface area contributed by atoms with E-state index in [0.29, 0.717) is 19.0 Å². The fourth-order valence-corrected chi connectivity index (χ4v) is 1.37. The Labute approximate surface area is 89.4 Å². The van der Waals surface area contributed by atoms with Crippen molar-refractivity contribution in [2.45, 2.75) is 20.8 Å². The number of hydrogen-bond acceptors (Lipinski definition) is 3. The van der Waals surface area contributed by atoms with Crippen LogP contribution in [-0.2, 0) is 4.74 Å². The zero-order chi connectivity index (χ0) is 11.3. The van der Waals surface area contributed by atoms with Gasteiger partial charge in [-0.3, -0.25) is 0 Å². The second kappa shape index (κ2) is 5.51. The number of rotatable bonds is 4. The molecule has 15 heavy (non-hydrogen) atoms. The standard InChI is InChI=1S/C12H16O3/c1-4-14-7-5-6-11-9(2)8-12(13)15-10(11)3/h5-6,8H,4,7H2,1-3H3/b6-5-. The highest BCUT2D eigenvalue weighted by Gasteiger charge is 2.02. The summed E-state index contributed by atoms with van der Waals surface area (Å²) in [6.45, 7) is 6.91. The van der Waals surface area contributed by atoms with E-state index in [9.17, 15) is 4.79 Å². The first-order valence-electron chi connectivity index (χ1n) is 5.00. The average Bonchev–Trinajstić information content (AvgIpc) is 2.15. The maximum absolute atomic E-state index is 11.0. The van der Waals surface area contributed by atoms with Gasteiger partial charge in [-0.15, -0.1) is 0 Å². The van der Waals surface area contributed by atoms with Crippen molar-refractivity contribution in [2.75, 3.05) is 13.2 Å². The predicted octanol–water partition coefficient (Wildman–Crippen LogP) is 2.31. The van der Waals surface area contributed by atoms with E-state index in [1.807, 2.05) is 26.0 Å². The third-order valence-corrected chi connectivity index (χ3v) is 2.09. The van der Waals surface area contributed by atoms with Crippen molar-refractivity contribution in [1.29, 1.82) is 0 Å². The summed E-state index contributed by atoms with van der Waals surface area (Å²) in [5.41, 5.74) is 1.58. The van der Waals surface area contributed by atoms with Crippen molar-refractivity contribution in [3.05, 3.63) is 39.4 Å². The molecular formula is C12H16O3. The van der Waals surface area contributed by atoms with E-state index in [1.165, 1.54) is 6.07 Å². The largest absolute Gasteiger partial charge is 0.428 e. The quantitative estimate of drug-likeness (QED) is 0.713. The van der Waals surface area contributed by atoms with Gasteiger partial charge in [0, 0.05) is 18.2 Å². The lowest BCUT2D eigenvalue weighted by molar-refractivity contribution is 0.178. The SMILES string of the molecule is CCOC/C=C\c1c(C)cc(=O)oc1C.